The van der Waals surface area contributed by atoms with Crippen LogP contribution in [0.1, 0.15) is 33.6 Å². The van der Waals surface area contributed by atoms with Gasteiger partial charge in [-0.25, -0.2) is 0 Å². The van der Waals surface area contributed by atoms with Gasteiger partial charge in [0.1, 0.15) is 11.7 Å². The molecule has 0 aromatic rings. The minimum Gasteiger partial charge on any atom is -0.548 e. The molecule has 0 radical (unpaired) electrons. The van der Waals surface area contributed by atoms with E-state index in [-0.39, 0.29) is 12.0 Å². The molecule has 1 aliphatic rings. The summed E-state index contributed by atoms with van der Waals surface area (Å²) in [4.78, 5) is 24.0. The lowest BCUT2D eigenvalue weighted by molar-refractivity contribution is -0.165. The first-order chi connectivity index (χ1) is 9.10. The molecule has 1 aliphatic carbocycles. The second-order valence-electron chi connectivity index (χ2n) is 6.81. The molecular formula is C15H26O4Si. The van der Waals surface area contributed by atoms with Crippen molar-refractivity contribution in [2.24, 2.45) is 11.3 Å². The third-order valence-corrected chi connectivity index (χ3v) is 4.29. The number of carbonyl (C=O) groups excluding carboxylic acids is 2. The molecule has 0 saturated carbocycles. The van der Waals surface area contributed by atoms with Crippen LogP contribution in [0, 0.1) is 11.3 Å². The summed E-state index contributed by atoms with van der Waals surface area (Å²) >= 11 is 0. The first-order valence-electron chi connectivity index (χ1n) is 7.16. The molecule has 5 heteroatoms. The maximum absolute atomic E-state index is 12.4. The van der Waals surface area contributed by atoms with Crippen LogP contribution in [0.5, 0.6) is 0 Å². The summed E-state index contributed by atoms with van der Waals surface area (Å²) in [6, 6.07) is 0. The van der Waals surface area contributed by atoms with Gasteiger partial charge in [0.25, 0.3) is 0 Å². The van der Waals surface area contributed by atoms with Gasteiger partial charge in [0.15, 0.2) is 0 Å². The van der Waals surface area contributed by atoms with Gasteiger partial charge < -0.3 is 14.0 Å². The van der Waals surface area contributed by atoms with E-state index in [2.05, 4.69) is 19.6 Å². The lowest BCUT2D eigenvalue weighted by atomic mass is 9.70. The fourth-order valence-electron chi connectivity index (χ4n) is 2.33. The van der Waals surface area contributed by atoms with Gasteiger partial charge in [-0.2, -0.15) is 0 Å². The molecule has 0 aromatic carbocycles. The highest BCUT2D eigenvalue weighted by atomic mass is 28.4. The predicted molar refractivity (Wildman–Crippen MR) is 80.6 cm³/mol. The van der Waals surface area contributed by atoms with Crippen LogP contribution in [-0.4, -0.2) is 26.7 Å². The van der Waals surface area contributed by atoms with Gasteiger partial charge in [-0.15, -0.1) is 0 Å². The van der Waals surface area contributed by atoms with Crippen molar-refractivity contribution in [1.82, 2.24) is 0 Å². The van der Waals surface area contributed by atoms with E-state index in [1.165, 1.54) is 0 Å². The fraction of sp³-hybridized carbons (Fsp3) is 0.733. The summed E-state index contributed by atoms with van der Waals surface area (Å²) in [5.41, 5.74) is -1.10. The molecule has 4 nitrogen and oxygen atoms in total. The van der Waals surface area contributed by atoms with E-state index in [1.54, 1.807) is 13.8 Å². The molecule has 0 amide bonds. The molecule has 0 aliphatic heterocycles. The molecular weight excluding hydrogens is 272 g/mol. The van der Waals surface area contributed by atoms with Gasteiger partial charge in [-0.1, -0.05) is 6.92 Å². The van der Waals surface area contributed by atoms with Crippen molar-refractivity contribution in [2.75, 3.05) is 0 Å². The number of hydrogen-bond acceptors (Lipinski definition) is 4. The van der Waals surface area contributed by atoms with Crippen molar-refractivity contribution in [3.8, 4) is 0 Å². The van der Waals surface area contributed by atoms with Crippen molar-refractivity contribution >= 4 is 20.6 Å². The Morgan fingerprint density at radius 3 is 2.50 bits per heavy atom. The number of allylic oxidation sites excluding steroid dienone is 2. The van der Waals surface area contributed by atoms with Gasteiger partial charge in [-0.3, -0.25) is 4.79 Å². The molecule has 2 atom stereocenters. The molecule has 0 spiro atoms. The summed E-state index contributed by atoms with van der Waals surface area (Å²) in [5.74, 6) is 0.259. The van der Waals surface area contributed by atoms with Crippen molar-refractivity contribution in [3.63, 3.8) is 0 Å². The normalized spacial score (nSPS) is 26.9. The van der Waals surface area contributed by atoms with E-state index in [0.717, 1.165) is 12.0 Å². The van der Waals surface area contributed by atoms with Crippen LogP contribution in [0.2, 0.25) is 19.6 Å². The number of ether oxygens (including phenoxy) is 1. The van der Waals surface area contributed by atoms with E-state index in [4.69, 9.17) is 9.16 Å². The molecule has 114 valence electrons. The lowest BCUT2D eigenvalue weighted by Gasteiger charge is -2.37. The summed E-state index contributed by atoms with van der Waals surface area (Å²) < 4.78 is 11.3. The van der Waals surface area contributed by atoms with E-state index in [0.29, 0.717) is 12.8 Å². The maximum atomic E-state index is 12.4. The number of rotatable bonds is 5. The van der Waals surface area contributed by atoms with Gasteiger partial charge in [-0.05, 0) is 51.9 Å². The Labute approximate surface area is 122 Å². The first kappa shape index (κ1) is 16.9. The van der Waals surface area contributed by atoms with Gasteiger partial charge in [0.2, 0.25) is 8.32 Å². The first-order valence-corrected chi connectivity index (χ1v) is 10.6. The average Bonchev–Trinajstić information content (AvgIpc) is 2.29. The summed E-state index contributed by atoms with van der Waals surface area (Å²) in [5, 5.41) is 0. The van der Waals surface area contributed by atoms with Gasteiger partial charge in [0.05, 0.1) is 11.9 Å². The zero-order valence-electron chi connectivity index (χ0n) is 13.4. The Balaban J connectivity index is 2.99. The predicted octanol–water partition coefficient (Wildman–Crippen LogP) is 3.29. The van der Waals surface area contributed by atoms with Crippen LogP contribution >= 0.6 is 0 Å². The fourth-order valence-corrected chi connectivity index (χ4v) is 3.27. The Bertz CT molecular complexity index is 409. The van der Waals surface area contributed by atoms with Crippen LogP contribution in [-0.2, 0) is 18.8 Å². The summed E-state index contributed by atoms with van der Waals surface area (Å²) in [6.45, 7) is 11.7. The number of carbonyl (C=O) groups is 2. The minimum atomic E-state index is -1.75. The average molecular weight is 298 g/mol. The third-order valence-electron chi connectivity index (χ3n) is 3.42. The van der Waals surface area contributed by atoms with Gasteiger partial charge in [0, 0.05) is 6.42 Å². The molecule has 0 saturated heterocycles. The highest BCUT2D eigenvalue weighted by molar-refractivity contribution is 6.70. The van der Waals surface area contributed by atoms with Crippen LogP contribution in [0.15, 0.2) is 11.8 Å². The van der Waals surface area contributed by atoms with E-state index >= 15 is 0 Å². The minimum absolute atomic E-state index is 0.0692. The van der Waals surface area contributed by atoms with Crippen molar-refractivity contribution in [3.05, 3.63) is 11.8 Å². The number of aldehydes is 1. The summed E-state index contributed by atoms with van der Waals surface area (Å²) in [7, 11) is -1.75. The van der Waals surface area contributed by atoms with E-state index < -0.39 is 19.7 Å². The van der Waals surface area contributed by atoms with Crippen molar-refractivity contribution in [2.45, 2.75) is 59.4 Å². The SMILES string of the molecule is CC(C)OC(=O)[C@]1(C=O)CC(O[Si](C)(C)C)=CC[C@@H]1C. The molecule has 0 aromatic heterocycles. The molecule has 0 unspecified atom stereocenters. The second kappa shape index (κ2) is 6.12. The van der Waals surface area contributed by atoms with Crippen molar-refractivity contribution < 1.29 is 18.8 Å². The molecule has 1 rings (SSSR count). The number of hydrogen-bond donors (Lipinski definition) is 0. The van der Waals surface area contributed by atoms with Crippen LogP contribution in [0.4, 0.5) is 0 Å². The Hall–Kier alpha value is -1.10. The molecule has 20 heavy (non-hydrogen) atoms. The largest absolute Gasteiger partial charge is 0.548 e. The standard InChI is InChI=1S/C15H26O4Si/c1-11(2)18-14(17)15(10-16)9-13(8-7-12(15)3)19-20(4,5)6/h8,10-12H,7,9H2,1-6H3/t12-,15-/m0/s1. The summed E-state index contributed by atoms with van der Waals surface area (Å²) in [6.07, 6.45) is 3.51. The Morgan fingerprint density at radius 2 is 2.05 bits per heavy atom. The Kier molecular flexibility index (Phi) is 5.19. The van der Waals surface area contributed by atoms with Gasteiger partial charge >= 0.3 is 5.97 Å². The topological polar surface area (TPSA) is 52.6 Å². The molecule has 0 fully saturated rings. The Morgan fingerprint density at radius 1 is 1.45 bits per heavy atom. The smallest absolute Gasteiger partial charge is 0.320 e. The second-order valence-corrected chi connectivity index (χ2v) is 11.2. The number of esters is 1. The highest BCUT2D eigenvalue weighted by Gasteiger charge is 2.48. The molecule has 0 heterocycles. The zero-order chi connectivity index (χ0) is 15.6. The zero-order valence-corrected chi connectivity index (χ0v) is 14.4. The molecule has 0 N–H and O–H groups in total. The van der Waals surface area contributed by atoms with Crippen LogP contribution in [0.3, 0.4) is 0 Å². The quantitative estimate of drug-likeness (QED) is 0.338. The van der Waals surface area contributed by atoms with E-state index in [9.17, 15) is 9.59 Å². The third kappa shape index (κ3) is 3.95. The van der Waals surface area contributed by atoms with Crippen LogP contribution in [0.25, 0.3) is 0 Å². The van der Waals surface area contributed by atoms with Crippen molar-refractivity contribution in [1.29, 1.82) is 0 Å². The molecule has 0 bridgehead atoms. The van der Waals surface area contributed by atoms with E-state index in [1.807, 2.05) is 13.0 Å². The van der Waals surface area contributed by atoms with Crippen LogP contribution < -0.4 is 0 Å². The monoisotopic (exact) mass is 298 g/mol. The lowest BCUT2D eigenvalue weighted by Crippen LogP contribution is -2.44. The maximum Gasteiger partial charge on any atom is 0.320 e. The highest BCUT2D eigenvalue weighted by Crippen LogP contribution is 2.41.